The van der Waals surface area contributed by atoms with Crippen LogP contribution in [0.1, 0.15) is 26.2 Å². The molecule has 0 fully saturated rings. The molecule has 0 aliphatic carbocycles. The zero-order chi connectivity index (χ0) is 7.11. The minimum atomic E-state index is 0.535. The van der Waals surface area contributed by atoms with Crippen molar-refractivity contribution >= 4 is 23.2 Å². The van der Waals surface area contributed by atoms with E-state index in [0.717, 1.165) is 0 Å². The molecule has 0 nitrogen and oxygen atoms in total. The van der Waals surface area contributed by atoms with Crippen molar-refractivity contribution in [2.24, 2.45) is 5.92 Å². The van der Waals surface area contributed by atoms with Gasteiger partial charge in [-0.3, -0.25) is 0 Å². The largest absolute Gasteiger partial charge is 0.126 e. The van der Waals surface area contributed by atoms with Crippen molar-refractivity contribution in [3.8, 4) is 0 Å². The van der Waals surface area contributed by atoms with Crippen LogP contribution in [0.25, 0.3) is 0 Å². The van der Waals surface area contributed by atoms with E-state index in [9.17, 15) is 0 Å². The van der Waals surface area contributed by atoms with E-state index in [4.69, 9.17) is 23.2 Å². The van der Waals surface area contributed by atoms with Crippen LogP contribution in [0.3, 0.4) is 0 Å². The summed E-state index contributed by atoms with van der Waals surface area (Å²) in [5.41, 5.74) is 0. The average molecular weight is 169 g/mol. The summed E-state index contributed by atoms with van der Waals surface area (Å²) in [6.45, 7) is 2.18. The van der Waals surface area contributed by atoms with Gasteiger partial charge in [0.05, 0.1) is 0 Å². The van der Waals surface area contributed by atoms with Crippen molar-refractivity contribution < 1.29 is 0 Å². The van der Waals surface area contributed by atoms with Crippen LogP contribution in [-0.4, -0.2) is 11.8 Å². The smallest absolute Gasteiger partial charge is 0.0263 e. The van der Waals surface area contributed by atoms with Gasteiger partial charge in [-0.15, -0.1) is 23.2 Å². The van der Waals surface area contributed by atoms with Crippen molar-refractivity contribution in [2.45, 2.75) is 26.2 Å². The third-order valence-electron chi connectivity index (χ3n) is 1.40. The van der Waals surface area contributed by atoms with Crippen LogP contribution >= 0.6 is 23.2 Å². The Morgan fingerprint density at radius 3 is 2.11 bits per heavy atom. The number of hydrogen-bond acceptors (Lipinski definition) is 0. The van der Waals surface area contributed by atoms with Crippen molar-refractivity contribution in [3.63, 3.8) is 0 Å². The Balaban J connectivity index is 3.09. The maximum Gasteiger partial charge on any atom is 0.0263 e. The highest BCUT2D eigenvalue weighted by molar-refractivity contribution is 6.20. The predicted octanol–water partition coefficient (Wildman–Crippen LogP) is 3.27. The standard InChI is InChI=1S/C7H14Cl2/c1-2-3-4-7(5-8)6-9/h7H,2-6H2,1H3. The normalized spacial score (nSPS) is 10.7. The van der Waals surface area contributed by atoms with E-state index in [0.29, 0.717) is 17.7 Å². The zero-order valence-corrected chi connectivity index (χ0v) is 7.38. The van der Waals surface area contributed by atoms with Crippen molar-refractivity contribution in [1.82, 2.24) is 0 Å². The van der Waals surface area contributed by atoms with Crippen LogP contribution in [0.5, 0.6) is 0 Å². The van der Waals surface area contributed by atoms with Crippen LogP contribution in [0.4, 0.5) is 0 Å². The van der Waals surface area contributed by atoms with Gasteiger partial charge in [-0.05, 0) is 12.3 Å². The van der Waals surface area contributed by atoms with Crippen molar-refractivity contribution in [2.75, 3.05) is 11.8 Å². The van der Waals surface area contributed by atoms with E-state index in [1.807, 2.05) is 0 Å². The van der Waals surface area contributed by atoms with E-state index in [1.165, 1.54) is 19.3 Å². The first-order chi connectivity index (χ1) is 4.35. The van der Waals surface area contributed by atoms with Gasteiger partial charge in [-0.25, -0.2) is 0 Å². The second-order valence-electron chi connectivity index (χ2n) is 2.32. The molecule has 0 aromatic heterocycles. The Labute approximate surface area is 67.5 Å². The molecule has 9 heavy (non-hydrogen) atoms. The molecule has 0 radical (unpaired) electrons. The third kappa shape index (κ3) is 5.05. The monoisotopic (exact) mass is 168 g/mol. The second-order valence-corrected chi connectivity index (χ2v) is 2.93. The SMILES string of the molecule is CCCCC(CCl)CCl. The quantitative estimate of drug-likeness (QED) is 0.554. The zero-order valence-electron chi connectivity index (χ0n) is 5.87. The highest BCUT2D eigenvalue weighted by Gasteiger charge is 2.02. The fourth-order valence-corrected chi connectivity index (χ4v) is 1.33. The van der Waals surface area contributed by atoms with Crippen LogP contribution < -0.4 is 0 Å². The molecule has 0 atom stereocenters. The number of halogens is 2. The van der Waals surface area contributed by atoms with Gasteiger partial charge in [0.25, 0.3) is 0 Å². The first-order valence-electron chi connectivity index (χ1n) is 3.47. The number of unbranched alkanes of at least 4 members (excludes halogenated alkanes) is 1. The molecular formula is C7H14Cl2. The molecule has 0 aliphatic heterocycles. The first kappa shape index (κ1) is 9.58. The number of alkyl halides is 2. The predicted molar refractivity (Wildman–Crippen MR) is 44.5 cm³/mol. The summed E-state index contributed by atoms with van der Waals surface area (Å²) >= 11 is 11.2. The molecular weight excluding hydrogens is 155 g/mol. The Hall–Kier alpha value is 0.580. The number of rotatable bonds is 5. The molecule has 0 unspecified atom stereocenters. The van der Waals surface area contributed by atoms with E-state index in [2.05, 4.69) is 6.92 Å². The lowest BCUT2D eigenvalue weighted by atomic mass is 10.1. The maximum absolute atomic E-state index is 5.62. The highest BCUT2D eigenvalue weighted by Crippen LogP contribution is 2.11. The van der Waals surface area contributed by atoms with Gasteiger partial charge in [0, 0.05) is 11.8 Å². The molecule has 0 aliphatic rings. The van der Waals surface area contributed by atoms with Gasteiger partial charge < -0.3 is 0 Å². The summed E-state index contributed by atoms with van der Waals surface area (Å²) in [4.78, 5) is 0. The molecule has 56 valence electrons. The molecule has 0 bridgehead atoms. The molecule has 0 aromatic carbocycles. The molecule has 0 rings (SSSR count). The van der Waals surface area contributed by atoms with Crippen molar-refractivity contribution in [1.29, 1.82) is 0 Å². The first-order valence-corrected chi connectivity index (χ1v) is 4.54. The van der Waals surface area contributed by atoms with Gasteiger partial charge in [0.2, 0.25) is 0 Å². The topological polar surface area (TPSA) is 0 Å². The van der Waals surface area contributed by atoms with Gasteiger partial charge in [-0.2, -0.15) is 0 Å². The Kier molecular flexibility index (Phi) is 7.13. The van der Waals surface area contributed by atoms with E-state index < -0.39 is 0 Å². The third-order valence-corrected chi connectivity index (χ3v) is 2.28. The summed E-state index contributed by atoms with van der Waals surface area (Å²) in [6, 6.07) is 0. The van der Waals surface area contributed by atoms with Crippen LogP contribution in [0, 0.1) is 5.92 Å². The molecule has 0 heterocycles. The molecule has 0 amide bonds. The van der Waals surface area contributed by atoms with Gasteiger partial charge in [-0.1, -0.05) is 19.8 Å². The summed E-state index contributed by atoms with van der Waals surface area (Å²) < 4.78 is 0. The van der Waals surface area contributed by atoms with E-state index >= 15 is 0 Å². The lowest BCUT2D eigenvalue weighted by molar-refractivity contribution is 0.560. The Morgan fingerprint density at radius 2 is 1.78 bits per heavy atom. The average Bonchev–Trinajstić information content (AvgIpc) is 1.91. The maximum atomic E-state index is 5.62. The molecule has 0 saturated heterocycles. The summed E-state index contributed by atoms with van der Waals surface area (Å²) in [5.74, 6) is 1.96. The fraction of sp³-hybridized carbons (Fsp3) is 1.00. The van der Waals surface area contributed by atoms with Crippen LogP contribution in [-0.2, 0) is 0 Å². The Morgan fingerprint density at radius 1 is 1.22 bits per heavy atom. The summed E-state index contributed by atoms with van der Waals surface area (Å²) in [7, 11) is 0. The minimum absolute atomic E-state index is 0.535. The van der Waals surface area contributed by atoms with E-state index in [1.54, 1.807) is 0 Å². The lowest BCUT2D eigenvalue weighted by Gasteiger charge is -2.06. The van der Waals surface area contributed by atoms with Gasteiger partial charge in [0.1, 0.15) is 0 Å². The Bertz CT molecular complexity index is 50.9. The molecule has 0 N–H and O–H groups in total. The molecule has 2 heteroatoms. The van der Waals surface area contributed by atoms with Gasteiger partial charge in [0.15, 0.2) is 0 Å². The number of hydrogen-bond donors (Lipinski definition) is 0. The van der Waals surface area contributed by atoms with Crippen LogP contribution in [0.15, 0.2) is 0 Å². The highest BCUT2D eigenvalue weighted by atomic mass is 35.5. The lowest BCUT2D eigenvalue weighted by Crippen LogP contribution is -2.02. The molecule has 0 aromatic rings. The van der Waals surface area contributed by atoms with E-state index in [-0.39, 0.29) is 0 Å². The van der Waals surface area contributed by atoms with Crippen LogP contribution in [0.2, 0.25) is 0 Å². The minimum Gasteiger partial charge on any atom is -0.126 e. The summed E-state index contributed by atoms with van der Waals surface area (Å²) in [5, 5.41) is 0. The van der Waals surface area contributed by atoms with Crippen molar-refractivity contribution in [3.05, 3.63) is 0 Å². The molecule has 0 saturated carbocycles. The summed E-state index contributed by atoms with van der Waals surface area (Å²) in [6.07, 6.45) is 3.68. The molecule has 0 spiro atoms. The van der Waals surface area contributed by atoms with Gasteiger partial charge >= 0.3 is 0 Å². The fourth-order valence-electron chi connectivity index (χ4n) is 0.688. The second kappa shape index (κ2) is 6.70.